The van der Waals surface area contributed by atoms with E-state index in [2.05, 4.69) is 9.97 Å². The van der Waals surface area contributed by atoms with Gasteiger partial charge in [-0.2, -0.15) is 0 Å². The lowest BCUT2D eigenvalue weighted by atomic mass is 10.3. The zero-order valence-corrected chi connectivity index (χ0v) is 9.09. The van der Waals surface area contributed by atoms with Crippen LogP contribution < -0.4 is 5.73 Å². The van der Waals surface area contributed by atoms with Crippen LogP contribution in [0.1, 0.15) is 0 Å². The quantitative estimate of drug-likeness (QED) is 0.783. The Morgan fingerprint density at radius 1 is 1.44 bits per heavy atom. The minimum atomic E-state index is -3.67. The third kappa shape index (κ3) is 1.85. The molecule has 86 valence electrons. The lowest BCUT2D eigenvalue weighted by molar-refractivity contribution is 0.515. The second-order valence-electron chi connectivity index (χ2n) is 3.33. The molecule has 0 amide bonds. The van der Waals surface area contributed by atoms with E-state index in [1.54, 1.807) is 18.2 Å². The van der Waals surface area contributed by atoms with Crippen LogP contribution in [0.25, 0.3) is 11.0 Å². The van der Waals surface area contributed by atoms with Crippen LogP contribution in [0, 0.1) is 0 Å². The molecule has 0 saturated carbocycles. The SMILES string of the molecule is Nc1ccc2nc(S(=O)(=O)CCF)[nH]c2c1. The van der Waals surface area contributed by atoms with E-state index in [-0.39, 0.29) is 5.16 Å². The average Bonchev–Trinajstić information content (AvgIpc) is 2.61. The Labute approximate surface area is 91.4 Å². The van der Waals surface area contributed by atoms with E-state index < -0.39 is 22.3 Å². The van der Waals surface area contributed by atoms with Gasteiger partial charge in [-0.3, -0.25) is 0 Å². The number of nitrogens with one attached hydrogen (secondary N) is 1. The molecule has 7 heteroatoms. The first-order chi connectivity index (χ1) is 7.53. The van der Waals surface area contributed by atoms with Gasteiger partial charge in [-0.05, 0) is 18.2 Å². The number of nitrogens with two attached hydrogens (primary N) is 1. The molecule has 2 aromatic rings. The number of nitrogens with zero attached hydrogens (tertiary/aromatic N) is 1. The van der Waals surface area contributed by atoms with Crippen molar-refractivity contribution in [2.24, 2.45) is 0 Å². The van der Waals surface area contributed by atoms with Crippen LogP contribution in [-0.4, -0.2) is 30.8 Å². The molecule has 0 unspecified atom stereocenters. The standard InChI is InChI=1S/C9H10FN3O2S/c10-3-4-16(14,15)9-12-7-2-1-6(11)5-8(7)13-9/h1-2,5H,3-4,11H2,(H,12,13). The number of hydrogen-bond acceptors (Lipinski definition) is 4. The minimum absolute atomic E-state index is 0.217. The van der Waals surface area contributed by atoms with Crippen LogP contribution in [0.3, 0.4) is 0 Å². The van der Waals surface area contributed by atoms with Gasteiger partial charge in [0.1, 0.15) is 6.67 Å². The highest BCUT2D eigenvalue weighted by Crippen LogP contribution is 2.17. The molecule has 0 bridgehead atoms. The highest BCUT2D eigenvalue weighted by atomic mass is 32.2. The Bertz CT molecular complexity index is 621. The van der Waals surface area contributed by atoms with Gasteiger partial charge in [-0.1, -0.05) is 0 Å². The average molecular weight is 243 g/mol. The van der Waals surface area contributed by atoms with Gasteiger partial charge in [0, 0.05) is 5.69 Å². The minimum Gasteiger partial charge on any atom is -0.399 e. The predicted octanol–water partition coefficient (Wildman–Crippen LogP) is 0.888. The Kier molecular flexibility index (Phi) is 2.55. The number of H-pyrrole nitrogens is 1. The number of aromatic amines is 1. The Balaban J connectivity index is 2.55. The number of sulfone groups is 1. The van der Waals surface area contributed by atoms with Gasteiger partial charge < -0.3 is 10.7 Å². The molecule has 0 aliphatic heterocycles. The van der Waals surface area contributed by atoms with Gasteiger partial charge in [0.15, 0.2) is 0 Å². The van der Waals surface area contributed by atoms with Crippen molar-refractivity contribution in [3.8, 4) is 0 Å². The van der Waals surface area contributed by atoms with Crippen LogP contribution in [0.2, 0.25) is 0 Å². The zero-order valence-electron chi connectivity index (χ0n) is 8.27. The van der Waals surface area contributed by atoms with Crippen LogP contribution in [-0.2, 0) is 9.84 Å². The number of rotatable bonds is 3. The molecule has 0 saturated heterocycles. The number of imidazole rings is 1. The molecule has 16 heavy (non-hydrogen) atoms. The molecule has 3 N–H and O–H groups in total. The predicted molar refractivity (Wildman–Crippen MR) is 58.5 cm³/mol. The highest BCUT2D eigenvalue weighted by Gasteiger charge is 2.18. The van der Waals surface area contributed by atoms with Gasteiger partial charge in [0.05, 0.1) is 16.8 Å². The van der Waals surface area contributed by atoms with Crippen molar-refractivity contribution in [1.82, 2.24) is 9.97 Å². The second-order valence-corrected chi connectivity index (χ2v) is 5.35. The van der Waals surface area contributed by atoms with Crippen molar-refractivity contribution >= 4 is 26.6 Å². The molecular formula is C9H10FN3O2S. The van der Waals surface area contributed by atoms with Crippen molar-refractivity contribution < 1.29 is 12.8 Å². The molecule has 0 aliphatic rings. The van der Waals surface area contributed by atoms with Crippen molar-refractivity contribution in [1.29, 1.82) is 0 Å². The maximum atomic E-state index is 12.1. The summed E-state index contributed by atoms with van der Waals surface area (Å²) in [4.78, 5) is 6.49. The monoisotopic (exact) mass is 243 g/mol. The van der Waals surface area contributed by atoms with Crippen LogP contribution >= 0.6 is 0 Å². The fraction of sp³-hybridized carbons (Fsp3) is 0.222. The van der Waals surface area contributed by atoms with E-state index >= 15 is 0 Å². The molecule has 0 radical (unpaired) electrons. The first-order valence-electron chi connectivity index (χ1n) is 4.57. The summed E-state index contributed by atoms with van der Waals surface area (Å²) in [6.07, 6.45) is 0. The molecule has 1 heterocycles. The summed E-state index contributed by atoms with van der Waals surface area (Å²) in [5, 5.41) is -0.217. The fourth-order valence-corrected chi connectivity index (χ4v) is 2.25. The number of fused-ring (bicyclic) bond motifs is 1. The summed E-state index contributed by atoms with van der Waals surface area (Å²) in [7, 11) is -3.67. The largest absolute Gasteiger partial charge is 0.399 e. The number of nitrogen functional groups attached to an aromatic ring is 1. The molecule has 0 atom stereocenters. The number of anilines is 1. The molecular weight excluding hydrogens is 233 g/mol. The fourth-order valence-electron chi connectivity index (χ4n) is 1.35. The van der Waals surface area contributed by atoms with Gasteiger partial charge >= 0.3 is 0 Å². The first kappa shape index (κ1) is 10.9. The van der Waals surface area contributed by atoms with Gasteiger partial charge in [-0.15, -0.1) is 0 Å². The van der Waals surface area contributed by atoms with Crippen molar-refractivity contribution in [2.75, 3.05) is 18.2 Å². The lowest BCUT2D eigenvalue weighted by Gasteiger charge is -1.94. The summed E-state index contributed by atoms with van der Waals surface area (Å²) in [6.45, 7) is -0.929. The third-order valence-electron chi connectivity index (χ3n) is 2.12. The Hall–Kier alpha value is -1.63. The topological polar surface area (TPSA) is 88.8 Å². The number of aromatic nitrogens is 2. The summed E-state index contributed by atoms with van der Waals surface area (Å²) in [5.74, 6) is -0.567. The number of hydrogen-bond donors (Lipinski definition) is 2. The van der Waals surface area contributed by atoms with E-state index in [9.17, 15) is 12.8 Å². The van der Waals surface area contributed by atoms with Gasteiger partial charge in [0.25, 0.3) is 0 Å². The highest BCUT2D eigenvalue weighted by molar-refractivity contribution is 7.91. The molecule has 0 aliphatic carbocycles. The smallest absolute Gasteiger partial charge is 0.226 e. The summed E-state index contributed by atoms with van der Waals surface area (Å²) >= 11 is 0. The van der Waals surface area contributed by atoms with E-state index in [4.69, 9.17) is 5.73 Å². The molecule has 1 aromatic heterocycles. The van der Waals surface area contributed by atoms with E-state index in [0.717, 1.165) is 0 Å². The first-order valence-corrected chi connectivity index (χ1v) is 6.22. The van der Waals surface area contributed by atoms with Gasteiger partial charge in [-0.25, -0.2) is 17.8 Å². The Morgan fingerprint density at radius 2 is 2.19 bits per heavy atom. The third-order valence-corrected chi connectivity index (χ3v) is 3.60. The lowest BCUT2D eigenvalue weighted by Crippen LogP contribution is -2.09. The summed E-state index contributed by atoms with van der Waals surface area (Å²) < 4.78 is 35.1. The van der Waals surface area contributed by atoms with E-state index in [1.165, 1.54) is 0 Å². The van der Waals surface area contributed by atoms with Gasteiger partial charge in [0.2, 0.25) is 15.0 Å². The van der Waals surface area contributed by atoms with Crippen LogP contribution in [0.15, 0.2) is 23.4 Å². The van der Waals surface area contributed by atoms with Crippen LogP contribution in [0.4, 0.5) is 10.1 Å². The Morgan fingerprint density at radius 3 is 2.88 bits per heavy atom. The van der Waals surface area contributed by atoms with Crippen molar-refractivity contribution in [3.05, 3.63) is 18.2 Å². The van der Waals surface area contributed by atoms with E-state index in [0.29, 0.717) is 16.7 Å². The number of benzene rings is 1. The molecule has 2 rings (SSSR count). The van der Waals surface area contributed by atoms with Crippen LogP contribution in [0.5, 0.6) is 0 Å². The number of halogens is 1. The maximum Gasteiger partial charge on any atom is 0.226 e. The normalized spacial score (nSPS) is 12.1. The van der Waals surface area contributed by atoms with Crippen molar-refractivity contribution in [3.63, 3.8) is 0 Å². The summed E-state index contributed by atoms with van der Waals surface area (Å²) in [5.41, 5.74) is 7.07. The zero-order chi connectivity index (χ0) is 11.8. The van der Waals surface area contributed by atoms with E-state index in [1.807, 2.05) is 0 Å². The number of alkyl halides is 1. The molecule has 0 spiro atoms. The maximum absolute atomic E-state index is 12.1. The molecule has 5 nitrogen and oxygen atoms in total. The van der Waals surface area contributed by atoms with Crippen molar-refractivity contribution in [2.45, 2.75) is 5.16 Å². The molecule has 0 fully saturated rings. The summed E-state index contributed by atoms with van der Waals surface area (Å²) in [6, 6.07) is 4.81. The molecule has 1 aromatic carbocycles. The second kappa shape index (κ2) is 3.75.